The second kappa shape index (κ2) is 6.93. The smallest absolute Gasteiger partial charge is 0.332 e. The zero-order valence-corrected chi connectivity index (χ0v) is 15.9. The van der Waals surface area contributed by atoms with Crippen LogP contribution in [0.25, 0.3) is 23.0 Å². The lowest BCUT2D eigenvalue weighted by Gasteiger charge is -2.05. The van der Waals surface area contributed by atoms with Gasteiger partial charge in [0.25, 0.3) is 5.56 Å². The van der Waals surface area contributed by atoms with Gasteiger partial charge in [-0.25, -0.2) is 4.79 Å². The van der Waals surface area contributed by atoms with Crippen molar-refractivity contribution < 1.29 is 9.90 Å². The maximum atomic E-state index is 13.1. The van der Waals surface area contributed by atoms with E-state index in [1.54, 1.807) is 30.6 Å². The lowest BCUT2D eigenvalue weighted by Crippen LogP contribution is -2.39. The minimum atomic E-state index is -1.02. The highest BCUT2D eigenvalue weighted by molar-refractivity contribution is 5.76. The Morgan fingerprint density at radius 3 is 2.59 bits per heavy atom. The summed E-state index contributed by atoms with van der Waals surface area (Å²) in [6.07, 6.45) is 5.25. The molecule has 0 atom stereocenters. The normalized spacial score (nSPS) is 11.8. The molecule has 29 heavy (non-hydrogen) atoms. The van der Waals surface area contributed by atoms with Gasteiger partial charge in [-0.3, -0.25) is 23.1 Å². The molecule has 1 aromatic carbocycles. The first-order chi connectivity index (χ1) is 13.9. The number of rotatable bonds is 5. The Balaban J connectivity index is 1.87. The predicted molar refractivity (Wildman–Crippen MR) is 108 cm³/mol. The number of fused-ring (bicyclic) bond motifs is 3. The van der Waals surface area contributed by atoms with Crippen molar-refractivity contribution in [1.29, 1.82) is 0 Å². The molecule has 3 aromatic heterocycles. The lowest BCUT2D eigenvalue weighted by molar-refractivity contribution is -0.137. The van der Waals surface area contributed by atoms with Crippen LogP contribution in [0.3, 0.4) is 0 Å². The molecule has 0 aliphatic carbocycles. The number of imidazole rings is 2. The van der Waals surface area contributed by atoms with Crippen LogP contribution in [0.15, 0.2) is 52.2 Å². The van der Waals surface area contributed by atoms with Crippen molar-refractivity contribution in [3.63, 3.8) is 0 Å². The van der Waals surface area contributed by atoms with Crippen molar-refractivity contribution in [2.45, 2.75) is 20.0 Å². The number of aliphatic carboxylic acids is 1. The van der Waals surface area contributed by atoms with Gasteiger partial charge in [0.1, 0.15) is 6.54 Å². The molecule has 0 fully saturated rings. The number of aromatic nitrogens is 5. The van der Waals surface area contributed by atoms with Gasteiger partial charge in [-0.15, -0.1) is 0 Å². The van der Waals surface area contributed by atoms with Crippen LogP contribution in [-0.4, -0.2) is 34.2 Å². The molecule has 9 heteroatoms. The molecule has 0 bridgehead atoms. The summed E-state index contributed by atoms with van der Waals surface area (Å²) >= 11 is 0. The second-order valence-electron chi connectivity index (χ2n) is 6.77. The van der Waals surface area contributed by atoms with Crippen molar-refractivity contribution >= 4 is 29.0 Å². The molecule has 4 rings (SSSR count). The van der Waals surface area contributed by atoms with Gasteiger partial charge >= 0.3 is 11.7 Å². The number of aryl methyl sites for hydroxylation is 2. The van der Waals surface area contributed by atoms with E-state index >= 15 is 0 Å². The zero-order chi connectivity index (χ0) is 20.7. The Bertz CT molecular complexity index is 1390. The van der Waals surface area contributed by atoms with E-state index in [-0.39, 0.29) is 24.3 Å². The molecule has 0 spiro atoms. The van der Waals surface area contributed by atoms with Crippen LogP contribution in [0, 0.1) is 6.92 Å². The van der Waals surface area contributed by atoms with Gasteiger partial charge in [0.2, 0.25) is 5.78 Å². The summed E-state index contributed by atoms with van der Waals surface area (Å²) in [5.41, 5.74) is 1.12. The zero-order valence-electron chi connectivity index (χ0n) is 15.9. The van der Waals surface area contributed by atoms with E-state index in [9.17, 15) is 14.4 Å². The first-order valence-corrected chi connectivity index (χ1v) is 8.99. The highest BCUT2D eigenvalue weighted by atomic mass is 16.4. The predicted octanol–water partition coefficient (Wildman–Crippen LogP) is 1.26. The summed E-state index contributed by atoms with van der Waals surface area (Å²) in [4.78, 5) is 41.3. The SMILES string of the molecule is Cc1cn2c3c(=O)n(CC=Cc4ccccc4)c(=O)n(C)c3nc2n1CC(=O)O. The number of carboxylic acids is 1. The highest BCUT2D eigenvalue weighted by Crippen LogP contribution is 2.16. The molecule has 0 aliphatic rings. The Kier molecular flexibility index (Phi) is 4.42. The number of carboxylic acid groups (broad SMARTS) is 1. The molecule has 0 saturated carbocycles. The van der Waals surface area contributed by atoms with E-state index in [4.69, 9.17) is 5.11 Å². The highest BCUT2D eigenvalue weighted by Gasteiger charge is 2.20. The Labute approximate surface area is 164 Å². The van der Waals surface area contributed by atoms with Crippen molar-refractivity contribution in [2.24, 2.45) is 7.05 Å². The summed E-state index contributed by atoms with van der Waals surface area (Å²) < 4.78 is 5.49. The van der Waals surface area contributed by atoms with E-state index in [0.29, 0.717) is 11.5 Å². The summed E-state index contributed by atoms with van der Waals surface area (Å²) in [6, 6.07) is 9.58. The van der Waals surface area contributed by atoms with Crippen molar-refractivity contribution in [2.75, 3.05) is 0 Å². The van der Waals surface area contributed by atoms with Gasteiger partial charge in [-0.2, -0.15) is 4.98 Å². The number of benzene rings is 1. The Morgan fingerprint density at radius 2 is 1.90 bits per heavy atom. The quantitative estimate of drug-likeness (QED) is 0.550. The minimum Gasteiger partial charge on any atom is -0.480 e. The monoisotopic (exact) mass is 393 g/mol. The molecule has 9 nitrogen and oxygen atoms in total. The van der Waals surface area contributed by atoms with Gasteiger partial charge in [-0.1, -0.05) is 42.5 Å². The van der Waals surface area contributed by atoms with Crippen LogP contribution < -0.4 is 11.2 Å². The third-order valence-electron chi connectivity index (χ3n) is 4.83. The molecule has 0 amide bonds. The van der Waals surface area contributed by atoms with Gasteiger partial charge in [0.05, 0.1) is 0 Å². The largest absolute Gasteiger partial charge is 0.480 e. The second-order valence-corrected chi connectivity index (χ2v) is 6.77. The molecule has 0 unspecified atom stereocenters. The van der Waals surface area contributed by atoms with Gasteiger partial charge in [0.15, 0.2) is 11.2 Å². The molecule has 3 heterocycles. The van der Waals surface area contributed by atoms with Gasteiger partial charge in [0, 0.05) is 25.5 Å². The molecule has 0 saturated heterocycles. The maximum Gasteiger partial charge on any atom is 0.332 e. The van der Waals surface area contributed by atoms with Crippen molar-refractivity contribution in [1.82, 2.24) is 23.1 Å². The van der Waals surface area contributed by atoms with Crippen LogP contribution in [0.5, 0.6) is 0 Å². The number of allylic oxidation sites excluding steroid dienone is 1. The van der Waals surface area contributed by atoms with Crippen LogP contribution in [0.2, 0.25) is 0 Å². The van der Waals surface area contributed by atoms with Crippen LogP contribution in [0.1, 0.15) is 11.3 Å². The van der Waals surface area contributed by atoms with Crippen molar-refractivity contribution in [3.05, 3.63) is 74.7 Å². The Hall–Kier alpha value is -3.88. The average molecular weight is 393 g/mol. The van der Waals surface area contributed by atoms with E-state index in [0.717, 1.165) is 10.1 Å². The summed E-state index contributed by atoms with van der Waals surface area (Å²) in [6.45, 7) is 1.57. The molecule has 4 aromatic rings. The first-order valence-electron chi connectivity index (χ1n) is 8.99. The number of nitrogens with zero attached hydrogens (tertiary/aromatic N) is 5. The first kappa shape index (κ1) is 18.5. The number of carbonyl (C=O) groups is 1. The fraction of sp³-hybridized carbons (Fsp3) is 0.200. The van der Waals surface area contributed by atoms with Gasteiger partial charge < -0.3 is 9.67 Å². The van der Waals surface area contributed by atoms with Gasteiger partial charge in [-0.05, 0) is 12.5 Å². The number of hydrogen-bond donors (Lipinski definition) is 1. The topological polar surface area (TPSA) is 104 Å². The van der Waals surface area contributed by atoms with E-state index in [1.165, 1.54) is 9.13 Å². The number of hydrogen-bond acceptors (Lipinski definition) is 4. The molecular formula is C20H19N5O4. The fourth-order valence-electron chi connectivity index (χ4n) is 3.41. The Morgan fingerprint density at radius 1 is 1.17 bits per heavy atom. The van der Waals surface area contributed by atoms with Crippen LogP contribution in [0.4, 0.5) is 0 Å². The molecule has 0 aliphatic heterocycles. The standard InChI is InChI=1S/C20H19N5O4/c1-13-11-25-16-17(21-19(25)24(13)12-15(26)27)22(2)20(29)23(18(16)28)10-6-9-14-7-4-3-5-8-14/h3-9,11H,10,12H2,1-2H3,(H,26,27). The average Bonchev–Trinajstić information content (AvgIpc) is 3.20. The van der Waals surface area contributed by atoms with E-state index < -0.39 is 17.2 Å². The molecule has 0 radical (unpaired) electrons. The summed E-state index contributed by atoms with van der Waals surface area (Å²) in [5.74, 6) is -0.708. The summed E-state index contributed by atoms with van der Waals surface area (Å²) in [7, 11) is 1.54. The molecule has 148 valence electrons. The van der Waals surface area contributed by atoms with E-state index in [1.807, 2.05) is 36.4 Å². The maximum absolute atomic E-state index is 13.1. The molecule has 1 N–H and O–H groups in total. The molecular weight excluding hydrogens is 374 g/mol. The third-order valence-corrected chi connectivity index (χ3v) is 4.83. The summed E-state index contributed by atoms with van der Waals surface area (Å²) in [5, 5.41) is 9.15. The third kappa shape index (κ3) is 3.06. The van der Waals surface area contributed by atoms with Crippen molar-refractivity contribution in [3.8, 4) is 0 Å². The minimum absolute atomic E-state index is 0.110. The fourth-order valence-corrected chi connectivity index (χ4v) is 3.41. The van der Waals surface area contributed by atoms with Crippen LogP contribution >= 0.6 is 0 Å². The lowest BCUT2D eigenvalue weighted by atomic mass is 10.2. The van der Waals surface area contributed by atoms with Crippen LogP contribution in [-0.2, 0) is 24.9 Å². The van der Waals surface area contributed by atoms with E-state index in [2.05, 4.69) is 4.98 Å².